The first kappa shape index (κ1) is 37.7. The molecule has 0 aromatic heterocycles. The average molecular weight is 777 g/mol. The fourth-order valence-electron chi connectivity index (χ4n) is 8.95. The van der Waals surface area contributed by atoms with E-state index in [9.17, 15) is 24.0 Å². The zero-order valence-electron chi connectivity index (χ0n) is 31.3. The van der Waals surface area contributed by atoms with Gasteiger partial charge >= 0.3 is 0 Å². The van der Waals surface area contributed by atoms with E-state index in [1.54, 1.807) is 30.3 Å². The molecule has 0 bridgehead atoms. The van der Waals surface area contributed by atoms with Gasteiger partial charge in [-0.2, -0.15) is 5.26 Å². The number of imide groups is 2. The van der Waals surface area contributed by atoms with Crippen molar-refractivity contribution in [2.75, 3.05) is 50.7 Å². The Kier molecular flexibility index (Phi) is 10.8. The van der Waals surface area contributed by atoms with Crippen LogP contribution in [0, 0.1) is 17.2 Å². The Labute approximate surface area is 331 Å². The molecule has 1 atom stereocenters. The van der Waals surface area contributed by atoms with Crippen molar-refractivity contribution in [1.82, 2.24) is 20.0 Å². The van der Waals surface area contributed by atoms with Gasteiger partial charge in [0.15, 0.2) is 0 Å². The molecule has 4 fully saturated rings. The highest BCUT2D eigenvalue weighted by atomic mass is 35.5. The smallest absolute Gasteiger partial charge is 0.262 e. The van der Waals surface area contributed by atoms with Gasteiger partial charge in [-0.1, -0.05) is 23.7 Å². The lowest BCUT2D eigenvalue weighted by Crippen LogP contribution is -2.54. The summed E-state index contributed by atoms with van der Waals surface area (Å²) in [6, 6.07) is 19.8. The second-order valence-corrected chi connectivity index (χ2v) is 16.1. The van der Waals surface area contributed by atoms with E-state index in [4.69, 9.17) is 21.6 Å². The number of nitrogens with one attached hydrogen (secondary N) is 1. The first-order valence-electron chi connectivity index (χ1n) is 19.7. The number of carbonyl (C=O) groups is 5. The Morgan fingerprint density at radius 3 is 2.20 bits per heavy atom. The number of anilines is 1. The SMILES string of the molecule is N#Cc1ccc(OC2CCN(C(=O)c3ccc(C4CCN(CC5CCN(c6ccc7c(c6)C(=O)N(C6CCC(=O)NC6=O)C7=O)CC5)CC4)cc3)CC2)cc1Cl. The maximum atomic E-state index is 13.3. The maximum absolute atomic E-state index is 13.3. The van der Waals surface area contributed by atoms with Gasteiger partial charge < -0.3 is 19.4 Å². The largest absolute Gasteiger partial charge is 0.490 e. The number of amides is 5. The van der Waals surface area contributed by atoms with Crippen LogP contribution < -0.4 is 15.0 Å². The van der Waals surface area contributed by atoms with Crippen molar-refractivity contribution in [2.45, 2.75) is 69.4 Å². The van der Waals surface area contributed by atoms with Crippen molar-refractivity contribution < 1.29 is 28.7 Å². The van der Waals surface area contributed by atoms with Crippen molar-refractivity contribution in [1.29, 1.82) is 5.26 Å². The minimum absolute atomic E-state index is 0.00961. The number of halogens is 1. The predicted molar refractivity (Wildman–Crippen MR) is 209 cm³/mol. The molecule has 0 spiro atoms. The molecule has 13 heteroatoms. The minimum atomic E-state index is -0.966. The molecule has 4 saturated heterocycles. The van der Waals surface area contributed by atoms with Crippen LogP contribution in [0.25, 0.3) is 0 Å². The number of fused-ring (bicyclic) bond motifs is 1. The predicted octanol–water partition coefficient (Wildman–Crippen LogP) is 5.39. The quantitative estimate of drug-likeness (QED) is 0.298. The van der Waals surface area contributed by atoms with Crippen LogP contribution in [0.2, 0.25) is 5.02 Å². The summed E-state index contributed by atoms with van der Waals surface area (Å²) in [5, 5.41) is 11.7. The fourth-order valence-corrected chi connectivity index (χ4v) is 9.17. The number of likely N-dealkylation sites (tertiary alicyclic amines) is 2. The van der Waals surface area contributed by atoms with E-state index in [-0.39, 0.29) is 30.8 Å². The lowest BCUT2D eigenvalue weighted by atomic mass is 9.88. The van der Waals surface area contributed by atoms with Crippen LogP contribution in [0.4, 0.5) is 5.69 Å². The molecular weight excluding hydrogens is 732 g/mol. The lowest BCUT2D eigenvalue weighted by molar-refractivity contribution is -0.136. The van der Waals surface area contributed by atoms with E-state index in [0.29, 0.717) is 58.0 Å². The van der Waals surface area contributed by atoms with Crippen molar-refractivity contribution in [3.8, 4) is 11.8 Å². The summed E-state index contributed by atoms with van der Waals surface area (Å²) in [5.74, 6) is -0.205. The van der Waals surface area contributed by atoms with Crippen LogP contribution in [0.5, 0.6) is 5.75 Å². The number of nitrogens with zero attached hydrogens (tertiary/aromatic N) is 5. The Hall–Kier alpha value is -5.25. The molecule has 0 radical (unpaired) electrons. The number of carbonyl (C=O) groups excluding carboxylic acids is 5. The van der Waals surface area contributed by atoms with Gasteiger partial charge in [0, 0.05) is 69.3 Å². The van der Waals surface area contributed by atoms with E-state index in [1.165, 1.54) is 5.56 Å². The normalized spacial score (nSPS) is 21.6. The lowest BCUT2D eigenvalue weighted by Gasteiger charge is -2.38. The molecular formula is C43H45ClN6O6. The first-order chi connectivity index (χ1) is 27.1. The second kappa shape index (κ2) is 16.1. The summed E-state index contributed by atoms with van der Waals surface area (Å²) in [6.07, 6.45) is 5.94. The van der Waals surface area contributed by atoms with Gasteiger partial charge in [0.25, 0.3) is 17.7 Å². The molecule has 3 aromatic carbocycles. The summed E-state index contributed by atoms with van der Waals surface area (Å²) in [7, 11) is 0. The fraction of sp³-hybridized carbons (Fsp3) is 0.442. The van der Waals surface area contributed by atoms with Crippen LogP contribution >= 0.6 is 11.6 Å². The number of hydrogen-bond acceptors (Lipinski definition) is 9. The number of hydrogen-bond donors (Lipinski definition) is 1. The molecule has 0 saturated carbocycles. The average Bonchev–Trinajstić information content (AvgIpc) is 3.46. The van der Waals surface area contributed by atoms with Gasteiger partial charge in [-0.3, -0.25) is 34.2 Å². The molecule has 3 aromatic rings. The number of nitriles is 1. The third kappa shape index (κ3) is 7.75. The van der Waals surface area contributed by atoms with Gasteiger partial charge in [0.1, 0.15) is 24.0 Å². The molecule has 0 aliphatic carbocycles. The molecule has 5 heterocycles. The zero-order valence-corrected chi connectivity index (χ0v) is 32.0. The molecule has 12 nitrogen and oxygen atoms in total. The van der Waals surface area contributed by atoms with Gasteiger partial charge in [-0.05, 0) is 105 Å². The Morgan fingerprint density at radius 1 is 0.804 bits per heavy atom. The number of ether oxygens (including phenoxy) is 1. The van der Waals surface area contributed by atoms with Crippen LogP contribution in [0.15, 0.2) is 60.7 Å². The molecule has 290 valence electrons. The third-order valence-corrected chi connectivity index (χ3v) is 12.5. The topological polar surface area (TPSA) is 143 Å². The molecule has 56 heavy (non-hydrogen) atoms. The Morgan fingerprint density at radius 2 is 1.52 bits per heavy atom. The van der Waals surface area contributed by atoms with Crippen molar-refractivity contribution >= 4 is 46.8 Å². The van der Waals surface area contributed by atoms with Gasteiger partial charge in [0.2, 0.25) is 11.8 Å². The summed E-state index contributed by atoms with van der Waals surface area (Å²) < 4.78 is 6.09. The monoisotopic (exact) mass is 776 g/mol. The number of benzene rings is 3. The minimum Gasteiger partial charge on any atom is -0.490 e. The number of piperidine rings is 4. The molecule has 5 amide bonds. The maximum Gasteiger partial charge on any atom is 0.262 e. The van der Waals surface area contributed by atoms with Gasteiger partial charge in [0.05, 0.1) is 21.7 Å². The highest BCUT2D eigenvalue weighted by Crippen LogP contribution is 2.34. The Balaban J connectivity index is 0.767. The summed E-state index contributed by atoms with van der Waals surface area (Å²) in [5.41, 5.74) is 3.95. The van der Waals surface area contributed by atoms with Gasteiger partial charge in [-0.25, -0.2) is 0 Å². The van der Waals surface area contributed by atoms with Crippen LogP contribution in [-0.2, 0) is 9.59 Å². The van der Waals surface area contributed by atoms with Crippen LogP contribution in [0.1, 0.15) is 99.5 Å². The van der Waals surface area contributed by atoms with E-state index in [1.807, 2.05) is 23.1 Å². The van der Waals surface area contributed by atoms with Crippen LogP contribution in [0.3, 0.4) is 0 Å². The molecule has 1 unspecified atom stereocenters. The zero-order chi connectivity index (χ0) is 38.9. The van der Waals surface area contributed by atoms with E-state index in [2.05, 4.69) is 33.3 Å². The summed E-state index contributed by atoms with van der Waals surface area (Å²) in [6.45, 7) is 6.13. The van der Waals surface area contributed by atoms with Crippen molar-refractivity contribution in [3.63, 3.8) is 0 Å². The van der Waals surface area contributed by atoms with Crippen molar-refractivity contribution in [3.05, 3.63) is 93.5 Å². The van der Waals surface area contributed by atoms with Gasteiger partial charge in [-0.15, -0.1) is 0 Å². The molecule has 5 aliphatic heterocycles. The van der Waals surface area contributed by atoms with Crippen molar-refractivity contribution in [2.24, 2.45) is 5.92 Å². The molecule has 1 N–H and O–H groups in total. The second-order valence-electron chi connectivity index (χ2n) is 15.7. The standard InChI is InChI=1S/C43H45ClN6O6/c44-37-24-34(7-5-31(37)25-45)56-33-15-21-49(22-16-33)41(53)30-3-1-28(2-4-30)29-13-17-47(18-14-29)26-27-11-19-48(20-12-27)32-6-8-35-36(23-32)43(55)50(42(35)54)38-9-10-39(51)46-40(38)52/h1-8,23-24,27,29,33,38H,9-22,26H2,(H,46,51,52). The molecule has 5 aliphatic rings. The van der Waals surface area contributed by atoms with E-state index < -0.39 is 23.8 Å². The van der Waals surface area contributed by atoms with Crippen LogP contribution in [-0.4, -0.2) is 102 Å². The Bertz CT molecular complexity index is 2080. The third-order valence-electron chi connectivity index (χ3n) is 12.2. The summed E-state index contributed by atoms with van der Waals surface area (Å²) in [4.78, 5) is 71.6. The first-order valence-corrected chi connectivity index (χ1v) is 20.1. The highest BCUT2D eigenvalue weighted by Gasteiger charge is 2.45. The van der Waals surface area contributed by atoms with E-state index >= 15 is 0 Å². The molecule has 8 rings (SSSR count). The summed E-state index contributed by atoms with van der Waals surface area (Å²) >= 11 is 6.16. The highest BCUT2D eigenvalue weighted by molar-refractivity contribution is 6.31. The van der Waals surface area contributed by atoms with E-state index in [0.717, 1.165) is 81.8 Å². The number of rotatable bonds is 8.